The van der Waals surface area contributed by atoms with Gasteiger partial charge >= 0.3 is 5.97 Å². The van der Waals surface area contributed by atoms with Crippen LogP contribution < -0.4 is 0 Å². The Kier molecular flexibility index (Phi) is 5.54. The molecule has 1 rings (SSSR count). The molecule has 1 aromatic carbocycles. The van der Waals surface area contributed by atoms with Crippen molar-refractivity contribution in [1.29, 1.82) is 0 Å². The molecule has 0 bridgehead atoms. The summed E-state index contributed by atoms with van der Waals surface area (Å²) in [6.45, 7) is 1.65. The van der Waals surface area contributed by atoms with Crippen LogP contribution in [0.2, 0.25) is 0 Å². The third kappa shape index (κ3) is 4.43. The third-order valence-corrected chi connectivity index (χ3v) is 2.50. The van der Waals surface area contributed by atoms with Gasteiger partial charge in [0.05, 0.1) is 7.11 Å². The first kappa shape index (κ1) is 14.7. The largest absolute Gasteiger partial charge is 0.466 e. The van der Waals surface area contributed by atoms with Gasteiger partial charge in [-0.2, -0.15) is 0 Å². The lowest BCUT2D eigenvalue weighted by molar-refractivity contribution is -0.136. The van der Waals surface area contributed by atoms with Crippen LogP contribution in [0.25, 0.3) is 0 Å². The standard InChI is InChI=1S/C15H17NO3/c1-12(15(18)19-3)8-7-11-16(2)14(17)13-9-5-4-6-10-13/h4-11H,1-3H3/b11-7+,12-8+. The van der Waals surface area contributed by atoms with E-state index in [4.69, 9.17) is 0 Å². The number of amides is 1. The maximum absolute atomic E-state index is 12.0. The zero-order valence-electron chi connectivity index (χ0n) is 11.3. The summed E-state index contributed by atoms with van der Waals surface area (Å²) in [5.74, 6) is -0.498. The van der Waals surface area contributed by atoms with Crippen LogP contribution in [0.5, 0.6) is 0 Å². The van der Waals surface area contributed by atoms with Crippen molar-refractivity contribution in [3.05, 3.63) is 59.8 Å². The second-order valence-corrected chi connectivity index (χ2v) is 3.96. The topological polar surface area (TPSA) is 46.6 Å². The van der Waals surface area contributed by atoms with Crippen molar-refractivity contribution in [1.82, 2.24) is 4.90 Å². The number of methoxy groups -OCH3 is 1. The van der Waals surface area contributed by atoms with E-state index < -0.39 is 0 Å². The minimum absolute atomic E-state index is 0.110. The molecule has 100 valence electrons. The van der Waals surface area contributed by atoms with Crippen LogP contribution in [0.3, 0.4) is 0 Å². The van der Waals surface area contributed by atoms with E-state index in [1.54, 1.807) is 44.5 Å². The summed E-state index contributed by atoms with van der Waals surface area (Å²) in [5, 5.41) is 0. The molecular formula is C15H17NO3. The number of carbonyl (C=O) groups excluding carboxylic acids is 2. The van der Waals surface area contributed by atoms with Crippen LogP contribution in [0, 0.1) is 0 Å². The van der Waals surface area contributed by atoms with Gasteiger partial charge in [-0.15, -0.1) is 0 Å². The van der Waals surface area contributed by atoms with Crippen LogP contribution >= 0.6 is 0 Å². The highest BCUT2D eigenvalue weighted by molar-refractivity contribution is 5.94. The highest BCUT2D eigenvalue weighted by Crippen LogP contribution is 2.04. The molecule has 0 saturated carbocycles. The van der Waals surface area contributed by atoms with E-state index in [0.29, 0.717) is 11.1 Å². The number of rotatable bonds is 4. The van der Waals surface area contributed by atoms with Gasteiger partial charge in [0.15, 0.2) is 0 Å². The maximum Gasteiger partial charge on any atom is 0.333 e. The van der Waals surface area contributed by atoms with Crippen molar-refractivity contribution in [3.63, 3.8) is 0 Å². The number of allylic oxidation sites excluding steroid dienone is 2. The molecule has 0 saturated heterocycles. The molecule has 0 N–H and O–H groups in total. The van der Waals surface area contributed by atoms with E-state index in [0.717, 1.165) is 0 Å². The Balaban J connectivity index is 2.68. The lowest BCUT2D eigenvalue weighted by Gasteiger charge is -2.11. The summed E-state index contributed by atoms with van der Waals surface area (Å²) < 4.78 is 4.56. The Bertz CT molecular complexity index is 503. The quantitative estimate of drug-likeness (QED) is 0.474. The predicted octanol–water partition coefficient (Wildman–Crippen LogP) is 2.39. The minimum atomic E-state index is -0.387. The highest BCUT2D eigenvalue weighted by Gasteiger charge is 2.07. The van der Waals surface area contributed by atoms with Gasteiger partial charge in [-0.1, -0.05) is 24.3 Å². The highest BCUT2D eigenvalue weighted by atomic mass is 16.5. The van der Waals surface area contributed by atoms with Gasteiger partial charge in [-0.3, -0.25) is 4.79 Å². The Morgan fingerprint density at radius 1 is 1.21 bits per heavy atom. The molecule has 0 aliphatic heterocycles. The van der Waals surface area contributed by atoms with E-state index in [1.807, 2.05) is 18.2 Å². The first-order chi connectivity index (χ1) is 9.06. The van der Waals surface area contributed by atoms with Crippen LogP contribution in [-0.2, 0) is 9.53 Å². The number of hydrogen-bond donors (Lipinski definition) is 0. The summed E-state index contributed by atoms with van der Waals surface area (Å²) in [6, 6.07) is 8.98. The lowest BCUT2D eigenvalue weighted by Crippen LogP contribution is -2.20. The zero-order valence-corrected chi connectivity index (χ0v) is 11.3. The van der Waals surface area contributed by atoms with Crippen LogP contribution in [-0.4, -0.2) is 30.9 Å². The van der Waals surface area contributed by atoms with Gasteiger partial charge in [0, 0.05) is 24.4 Å². The SMILES string of the molecule is COC(=O)/C(C)=C/C=C/N(C)C(=O)c1ccccc1. The van der Waals surface area contributed by atoms with Crippen molar-refractivity contribution in [2.24, 2.45) is 0 Å². The van der Waals surface area contributed by atoms with E-state index in [9.17, 15) is 9.59 Å². The molecule has 19 heavy (non-hydrogen) atoms. The van der Waals surface area contributed by atoms with Crippen molar-refractivity contribution in [2.45, 2.75) is 6.92 Å². The molecular weight excluding hydrogens is 242 g/mol. The summed E-state index contributed by atoms with van der Waals surface area (Å²) in [5.41, 5.74) is 1.09. The first-order valence-electron chi connectivity index (χ1n) is 5.82. The molecule has 0 aliphatic rings. The van der Waals surface area contributed by atoms with Gasteiger partial charge < -0.3 is 9.64 Å². The van der Waals surface area contributed by atoms with Crippen LogP contribution in [0.4, 0.5) is 0 Å². The minimum Gasteiger partial charge on any atom is -0.466 e. The van der Waals surface area contributed by atoms with Crippen LogP contribution in [0.15, 0.2) is 54.3 Å². The van der Waals surface area contributed by atoms with Crippen molar-refractivity contribution in [2.75, 3.05) is 14.2 Å². The smallest absolute Gasteiger partial charge is 0.333 e. The van der Waals surface area contributed by atoms with Crippen LogP contribution in [0.1, 0.15) is 17.3 Å². The molecule has 0 unspecified atom stereocenters. The summed E-state index contributed by atoms with van der Waals surface area (Å²) in [6.07, 6.45) is 4.83. The summed E-state index contributed by atoms with van der Waals surface area (Å²) in [7, 11) is 2.99. The van der Waals surface area contributed by atoms with Gasteiger partial charge in [-0.05, 0) is 25.1 Å². The molecule has 0 atom stereocenters. The number of benzene rings is 1. The Labute approximate surface area is 113 Å². The average Bonchev–Trinajstić information content (AvgIpc) is 2.46. The number of carbonyl (C=O) groups is 2. The number of hydrogen-bond acceptors (Lipinski definition) is 3. The number of ether oxygens (including phenoxy) is 1. The van der Waals surface area contributed by atoms with E-state index in [-0.39, 0.29) is 11.9 Å². The molecule has 0 aromatic heterocycles. The van der Waals surface area contributed by atoms with E-state index >= 15 is 0 Å². The fourth-order valence-corrected chi connectivity index (χ4v) is 1.40. The molecule has 1 amide bonds. The normalized spacial score (nSPS) is 11.4. The van der Waals surface area contributed by atoms with Gasteiger partial charge in [0.1, 0.15) is 0 Å². The Morgan fingerprint density at radius 3 is 2.42 bits per heavy atom. The monoisotopic (exact) mass is 259 g/mol. The first-order valence-corrected chi connectivity index (χ1v) is 5.82. The van der Waals surface area contributed by atoms with Crippen molar-refractivity contribution >= 4 is 11.9 Å². The average molecular weight is 259 g/mol. The Morgan fingerprint density at radius 2 is 1.84 bits per heavy atom. The number of esters is 1. The van der Waals surface area contributed by atoms with E-state index in [1.165, 1.54) is 12.0 Å². The lowest BCUT2D eigenvalue weighted by atomic mass is 10.2. The number of nitrogens with zero attached hydrogens (tertiary/aromatic N) is 1. The fraction of sp³-hybridized carbons (Fsp3) is 0.200. The second-order valence-electron chi connectivity index (χ2n) is 3.96. The predicted molar refractivity (Wildman–Crippen MR) is 73.4 cm³/mol. The molecule has 0 spiro atoms. The summed E-state index contributed by atoms with van der Waals surface area (Å²) >= 11 is 0. The molecule has 0 fully saturated rings. The molecule has 4 nitrogen and oxygen atoms in total. The van der Waals surface area contributed by atoms with Crippen molar-refractivity contribution < 1.29 is 14.3 Å². The van der Waals surface area contributed by atoms with Gasteiger partial charge in [0.2, 0.25) is 0 Å². The van der Waals surface area contributed by atoms with E-state index in [2.05, 4.69) is 4.74 Å². The molecule has 0 heterocycles. The third-order valence-electron chi connectivity index (χ3n) is 2.50. The molecule has 0 aliphatic carbocycles. The Hall–Kier alpha value is -2.36. The molecule has 0 radical (unpaired) electrons. The molecule has 1 aromatic rings. The second kappa shape index (κ2) is 7.16. The fourth-order valence-electron chi connectivity index (χ4n) is 1.40. The summed E-state index contributed by atoms with van der Waals surface area (Å²) in [4.78, 5) is 24.6. The maximum atomic E-state index is 12.0. The zero-order chi connectivity index (χ0) is 14.3. The van der Waals surface area contributed by atoms with Gasteiger partial charge in [-0.25, -0.2) is 4.79 Å². The van der Waals surface area contributed by atoms with Gasteiger partial charge in [0.25, 0.3) is 5.91 Å². The molecule has 4 heteroatoms. The van der Waals surface area contributed by atoms with Crippen molar-refractivity contribution in [3.8, 4) is 0 Å².